The van der Waals surface area contributed by atoms with E-state index < -0.39 is 0 Å². The van der Waals surface area contributed by atoms with Crippen LogP contribution < -0.4 is 10.9 Å². The van der Waals surface area contributed by atoms with Gasteiger partial charge in [-0.05, 0) is 64.1 Å². The number of likely N-dealkylation sites (N-methyl/N-ethyl adjacent to an activating group) is 1. The first kappa shape index (κ1) is 17.2. The Hall–Kier alpha value is -1.24. The van der Waals surface area contributed by atoms with Crippen LogP contribution in [0.5, 0.6) is 0 Å². The molecule has 25 heavy (non-hydrogen) atoms. The lowest BCUT2D eigenvalue weighted by Crippen LogP contribution is -2.45. The minimum atomic E-state index is 0.0566. The van der Waals surface area contributed by atoms with E-state index in [0.717, 1.165) is 42.0 Å². The maximum Gasteiger partial charge on any atom is 0.259 e. The van der Waals surface area contributed by atoms with E-state index in [9.17, 15) is 4.79 Å². The number of piperidine rings is 1. The molecule has 3 atom stereocenters. The van der Waals surface area contributed by atoms with Crippen molar-refractivity contribution in [3.63, 3.8) is 0 Å². The van der Waals surface area contributed by atoms with Crippen LogP contribution in [0.4, 0.5) is 0 Å². The fraction of sp³-hybridized carbons (Fsp3) is 0.684. The number of aromatic amines is 1. The summed E-state index contributed by atoms with van der Waals surface area (Å²) in [5.74, 6) is 1.53. The number of rotatable bonds is 3. The van der Waals surface area contributed by atoms with Gasteiger partial charge in [-0.3, -0.25) is 9.69 Å². The van der Waals surface area contributed by atoms with E-state index in [1.54, 1.807) is 11.3 Å². The molecule has 3 unspecified atom stereocenters. The van der Waals surface area contributed by atoms with Gasteiger partial charge in [-0.2, -0.15) is 0 Å². The second-order valence-electron chi connectivity index (χ2n) is 7.78. The third-order valence-electron chi connectivity index (χ3n) is 5.99. The van der Waals surface area contributed by atoms with Gasteiger partial charge < -0.3 is 10.3 Å². The lowest BCUT2D eigenvalue weighted by molar-refractivity contribution is 0.144. The summed E-state index contributed by atoms with van der Waals surface area (Å²) in [5.41, 5.74) is 1.32. The van der Waals surface area contributed by atoms with Gasteiger partial charge >= 0.3 is 0 Å². The van der Waals surface area contributed by atoms with E-state index >= 15 is 0 Å². The Kier molecular flexibility index (Phi) is 4.69. The van der Waals surface area contributed by atoms with Crippen molar-refractivity contribution in [2.75, 3.05) is 20.1 Å². The van der Waals surface area contributed by atoms with Crippen LogP contribution in [0.2, 0.25) is 0 Å². The molecular weight excluding hydrogens is 332 g/mol. The Morgan fingerprint density at radius 1 is 1.40 bits per heavy atom. The van der Waals surface area contributed by atoms with Crippen molar-refractivity contribution in [2.45, 2.75) is 58.0 Å². The highest BCUT2D eigenvalue weighted by atomic mass is 32.1. The average molecular weight is 361 g/mol. The van der Waals surface area contributed by atoms with E-state index in [4.69, 9.17) is 4.98 Å². The fourth-order valence-electron chi connectivity index (χ4n) is 4.33. The number of hydrogen-bond acceptors (Lipinski definition) is 5. The maximum atomic E-state index is 12.8. The highest BCUT2D eigenvalue weighted by Crippen LogP contribution is 2.36. The largest absolute Gasteiger partial charge is 0.316 e. The SMILES string of the molecule is CNC1CCCN(C(C)c2nc3sc4c(c3c(=O)[nH]2)CCC(C)C4)C1. The van der Waals surface area contributed by atoms with Crippen LogP contribution in [0.15, 0.2) is 4.79 Å². The van der Waals surface area contributed by atoms with Crippen molar-refractivity contribution < 1.29 is 0 Å². The molecule has 6 heteroatoms. The van der Waals surface area contributed by atoms with Gasteiger partial charge in [-0.1, -0.05) is 6.92 Å². The summed E-state index contributed by atoms with van der Waals surface area (Å²) >= 11 is 1.74. The molecule has 2 aromatic rings. The minimum Gasteiger partial charge on any atom is -0.316 e. The molecule has 3 heterocycles. The number of nitrogens with one attached hydrogen (secondary N) is 2. The molecule has 2 N–H and O–H groups in total. The number of hydrogen-bond donors (Lipinski definition) is 2. The zero-order valence-corrected chi connectivity index (χ0v) is 16.2. The number of fused-ring (bicyclic) bond motifs is 3. The molecule has 0 bridgehead atoms. The second-order valence-corrected chi connectivity index (χ2v) is 8.87. The highest BCUT2D eigenvalue weighted by Gasteiger charge is 2.27. The number of nitrogens with zero attached hydrogens (tertiary/aromatic N) is 2. The number of aryl methyl sites for hydroxylation is 1. The van der Waals surface area contributed by atoms with Gasteiger partial charge in [0.15, 0.2) is 0 Å². The Bertz CT molecular complexity index is 827. The summed E-state index contributed by atoms with van der Waals surface area (Å²) in [6.45, 7) is 6.54. The average Bonchev–Trinajstić information content (AvgIpc) is 2.98. The standard InChI is InChI=1S/C19H28N4OS/c1-11-6-7-14-15(9-11)25-19-16(14)18(24)21-17(22-19)12(2)23-8-4-5-13(10-23)20-3/h11-13,20H,4-10H2,1-3H3,(H,21,22,24). The molecule has 1 fully saturated rings. The van der Waals surface area contributed by atoms with Gasteiger partial charge in [0, 0.05) is 17.5 Å². The molecule has 0 aromatic carbocycles. The molecule has 2 aromatic heterocycles. The smallest absolute Gasteiger partial charge is 0.259 e. The molecule has 0 saturated carbocycles. The topological polar surface area (TPSA) is 61.0 Å². The number of thiophene rings is 1. The van der Waals surface area contributed by atoms with Crippen molar-refractivity contribution >= 4 is 21.6 Å². The second kappa shape index (κ2) is 6.82. The lowest BCUT2D eigenvalue weighted by Gasteiger charge is -2.36. The molecule has 136 valence electrons. The zero-order valence-electron chi connectivity index (χ0n) is 15.4. The van der Waals surface area contributed by atoms with Gasteiger partial charge in [0.25, 0.3) is 5.56 Å². The van der Waals surface area contributed by atoms with Gasteiger partial charge in [0.05, 0.1) is 11.4 Å². The molecule has 5 nitrogen and oxygen atoms in total. The van der Waals surface area contributed by atoms with Gasteiger partial charge in [-0.15, -0.1) is 11.3 Å². The van der Waals surface area contributed by atoms with Crippen LogP contribution in [0.3, 0.4) is 0 Å². The minimum absolute atomic E-state index is 0.0566. The molecule has 0 amide bonds. The van der Waals surface area contributed by atoms with Crippen molar-refractivity contribution in [3.05, 3.63) is 26.6 Å². The summed E-state index contributed by atoms with van der Waals surface area (Å²) in [5, 5.41) is 4.24. The summed E-state index contributed by atoms with van der Waals surface area (Å²) in [4.78, 5) is 25.6. The molecule has 1 aliphatic carbocycles. The van der Waals surface area contributed by atoms with Crippen molar-refractivity contribution in [1.29, 1.82) is 0 Å². The van der Waals surface area contributed by atoms with E-state index in [1.165, 1.54) is 29.7 Å². The number of likely N-dealkylation sites (tertiary alicyclic amines) is 1. The summed E-state index contributed by atoms with van der Waals surface area (Å²) in [7, 11) is 2.03. The normalized spacial score (nSPS) is 25.9. The molecular formula is C19H28N4OS. The van der Waals surface area contributed by atoms with Gasteiger partial charge in [-0.25, -0.2) is 4.98 Å². The van der Waals surface area contributed by atoms with Gasteiger partial charge in [0.2, 0.25) is 0 Å². The fourth-order valence-corrected chi connectivity index (χ4v) is 5.72. The van der Waals surface area contributed by atoms with Crippen molar-refractivity contribution in [1.82, 2.24) is 20.2 Å². The quantitative estimate of drug-likeness (QED) is 0.884. The van der Waals surface area contributed by atoms with Crippen LogP contribution in [0.1, 0.15) is 55.4 Å². The number of H-pyrrole nitrogens is 1. The zero-order chi connectivity index (χ0) is 17.6. The molecule has 1 aliphatic heterocycles. The van der Waals surface area contributed by atoms with Crippen LogP contribution in [0, 0.1) is 5.92 Å². The first-order valence-electron chi connectivity index (χ1n) is 9.52. The van der Waals surface area contributed by atoms with Crippen LogP contribution in [0.25, 0.3) is 10.2 Å². The Morgan fingerprint density at radius 2 is 2.24 bits per heavy atom. The lowest BCUT2D eigenvalue weighted by atomic mass is 9.89. The molecule has 0 spiro atoms. The first-order chi connectivity index (χ1) is 12.1. The first-order valence-corrected chi connectivity index (χ1v) is 10.3. The van der Waals surface area contributed by atoms with Crippen LogP contribution in [-0.4, -0.2) is 41.0 Å². The van der Waals surface area contributed by atoms with Crippen molar-refractivity contribution in [2.24, 2.45) is 5.92 Å². The van der Waals surface area contributed by atoms with E-state index in [0.29, 0.717) is 12.0 Å². The summed E-state index contributed by atoms with van der Waals surface area (Å²) < 4.78 is 0. The Balaban J connectivity index is 1.68. The molecule has 0 radical (unpaired) electrons. The Labute approximate surface area is 152 Å². The van der Waals surface area contributed by atoms with E-state index in [2.05, 4.69) is 29.0 Å². The van der Waals surface area contributed by atoms with E-state index in [1.807, 2.05) is 7.05 Å². The predicted molar refractivity (Wildman–Crippen MR) is 103 cm³/mol. The predicted octanol–water partition coefficient (Wildman–Crippen LogP) is 2.85. The number of aromatic nitrogens is 2. The van der Waals surface area contributed by atoms with Crippen LogP contribution in [-0.2, 0) is 12.8 Å². The molecule has 1 saturated heterocycles. The third kappa shape index (κ3) is 3.15. The third-order valence-corrected chi connectivity index (χ3v) is 7.14. The monoisotopic (exact) mass is 360 g/mol. The Morgan fingerprint density at radius 3 is 3.04 bits per heavy atom. The maximum absolute atomic E-state index is 12.8. The highest BCUT2D eigenvalue weighted by molar-refractivity contribution is 7.18. The summed E-state index contributed by atoms with van der Waals surface area (Å²) in [6, 6.07) is 0.675. The van der Waals surface area contributed by atoms with Gasteiger partial charge in [0.1, 0.15) is 10.7 Å². The van der Waals surface area contributed by atoms with E-state index in [-0.39, 0.29) is 11.6 Å². The summed E-state index contributed by atoms with van der Waals surface area (Å²) in [6.07, 6.45) is 5.70. The molecule has 2 aliphatic rings. The van der Waals surface area contributed by atoms with Crippen LogP contribution >= 0.6 is 11.3 Å². The molecule has 4 rings (SSSR count). The van der Waals surface area contributed by atoms with Crippen molar-refractivity contribution in [3.8, 4) is 0 Å².